The summed E-state index contributed by atoms with van der Waals surface area (Å²) in [4.78, 5) is 29.1. The van der Waals surface area contributed by atoms with Gasteiger partial charge in [-0.25, -0.2) is 17.2 Å². The molecule has 4 aromatic rings. The second-order valence-corrected chi connectivity index (χ2v) is 13.6. The van der Waals surface area contributed by atoms with Crippen LogP contribution in [0.4, 0.5) is 14.5 Å². The Balaban J connectivity index is 1.32. The van der Waals surface area contributed by atoms with Gasteiger partial charge < -0.3 is 15.0 Å². The fourth-order valence-electron chi connectivity index (χ4n) is 5.61. The molecule has 0 saturated heterocycles. The lowest BCUT2D eigenvalue weighted by atomic mass is 9.97. The molecule has 256 valence electrons. The molecule has 11 heteroatoms. The fraction of sp³-hybridized carbons (Fsp3) is 0.263. The van der Waals surface area contributed by atoms with Crippen LogP contribution in [-0.2, 0) is 32.6 Å². The first-order chi connectivity index (χ1) is 23.7. The van der Waals surface area contributed by atoms with Crippen LogP contribution in [-0.4, -0.2) is 44.3 Å². The van der Waals surface area contributed by atoms with Gasteiger partial charge in [0.1, 0.15) is 23.4 Å². The molecule has 0 radical (unpaired) electrons. The van der Waals surface area contributed by atoms with Crippen molar-refractivity contribution in [2.75, 3.05) is 17.9 Å². The zero-order valence-electron chi connectivity index (χ0n) is 27.0. The number of nitrogens with zero attached hydrogens (tertiary/aromatic N) is 1. The maximum absolute atomic E-state index is 13.9. The van der Waals surface area contributed by atoms with Crippen molar-refractivity contribution in [3.05, 3.63) is 138 Å². The Kier molecular flexibility index (Phi) is 12.2. The van der Waals surface area contributed by atoms with E-state index in [1.165, 1.54) is 65.4 Å². The number of hydrogen-bond acceptors (Lipinski definition) is 5. The molecule has 4 aromatic carbocycles. The molecule has 0 spiro atoms. The number of nitrogens with one attached hydrogen (secondary N) is 2. The molecule has 0 bridgehead atoms. The predicted octanol–water partition coefficient (Wildman–Crippen LogP) is 6.79. The van der Waals surface area contributed by atoms with Gasteiger partial charge in [0, 0.05) is 25.2 Å². The van der Waals surface area contributed by atoms with E-state index in [4.69, 9.17) is 4.74 Å². The fourth-order valence-corrected chi connectivity index (χ4v) is 6.67. The van der Waals surface area contributed by atoms with Crippen molar-refractivity contribution in [1.82, 2.24) is 10.2 Å². The van der Waals surface area contributed by atoms with Gasteiger partial charge in [0.15, 0.2) is 6.61 Å². The number of amides is 2. The standard InChI is InChI=1S/C38H39F2N3O5S/c39-31-13-11-30(12-14-31)26-43(36(25-29-9-5-2-6-10-29)38(45)41-24-23-28-7-3-1-4-8-28)37(44)27-48-34-19-21-35(22-20-34)49(46,47)42-33-17-15-32(40)16-18-33/h2,5-7,9-22,36,42H,1,3-4,8,23-27H2,(H,41,45)/t36-/m0/s1. The number of anilines is 1. The lowest BCUT2D eigenvalue weighted by Crippen LogP contribution is -2.51. The zero-order chi connectivity index (χ0) is 34.6. The second kappa shape index (κ2) is 16.9. The summed E-state index contributed by atoms with van der Waals surface area (Å²) in [6.45, 7) is 0.0354. The molecule has 5 rings (SSSR count). The number of benzene rings is 4. The SMILES string of the molecule is O=C(NCCC1=CCCCC1)[C@H](Cc1ccccc1)N(Cc1ccc(F)cc1)C(=O)COc1ccc(S(=O)(=O)Nc2ccc(F)cc2)cc1. The number of hydrogen-bond donors (Lipinski definition) is 2. The van der Waals surface area contributed by atoms with Crippen molar-refractivity contribution in [3.8, 4) is 5.75 Å². The summed E-state index contributed by atoms with van der Waals surface area (Å²) < 4.78 is 60.8. The quantitative estimate of drug-likeness (QED) is 0.134. The van der Waals surface area contributed by atoms with Gasteiger partial charge in [-0.05, 0) is 104 Å². The summed E-state index contributed by atoms with van der Waals surface area (Å²) in [7, 11) is -3.97. The molecule has 0 fully saturated rings. The number of sulfonamides is 1. The van der Waals surface area contributed by atoms with E-state index in [1.54, 1.807) is 12.1 Å². The van der Waals surface area contributed by atoms with E-state index < -0.39 is 40.2 Å². The summed E-state index contributed by atoms with van der Waals surface area (Å²) in [6, 6.07) is 24.7. The molecule has 0 unspecified atom stereocenters. The Bertz CT molecular complexity index is 1830. The molecule has 0 aliphatic heterocycles. The largest absolute Gasteiger partial charge is 0.484 e. The van der Waals surface area contributed by atoms with E-state index >= 15 is 0 Å². The second-order valence-electron chi connectivity index (χ2n) is 11.9. The van der Waals surface area contributed by atoms with Crippen LogP contribution in [0.25, 0.3) is 0 Å². The van der Waals surface area contributed by atoms with Gasteiger partial charge in [0.2, 0.25) is 5.91 Å². The molecule has 8 nitrogen and oxygen atoms in total. The van der Waals surface area contributed by atoms with Crippen molar-refractivity contribution < 1.29 is 31.5 Å². The van der Waals surface area contributed by atoms with E-state index in [0.29, 0.717) is 12.1 Å². The van der Waals surface area contributed by atoms with Gasteiger partial charge in [0.05, 0.1) is 4.90 Å². The topological polar surface area (TPSA) is 105 Å². The van der Waals surface area contributed by atoms with Crippen molar-refractivity contribution in [2.45, 2.75) is 56.0 Å². The summed E-state index contributed by atoms with van der Waals surface area (Å²) >= 11 is 0. The minimum atomic E-state index is -3.97. The smallest absolute Gasteiger partial charge is 0.261 e. The van der Waals surface area contributed by atoms with Gasteiger partial charge in [-0.3, -0.25) is 14.3 Å². The van der Waals surface area contributed by atoms with Crippen LogP contribution in [0.2, 0.25) is 0 Å². The van der Waals surface area contributed by atoms with Gasteiger partial charge in [-0.1, -0.05) is 54.1 Å². The molecule has 0 aromatic heterocycles. The Morgan fingerprint density at radius 1 is 0.816 bits per heavy atom. The van der Waals surface area contributed by atoms with E-state index in [-0.39, 0.29) is 35.2 Å². The highest BCUT2D eigenvalue weighted by Gasteiger charge is 2.31. The maximum atomic E-state index is 13.9. The summed E-state index contributed by atoms with van der Waals surface area (Å²) in [5, 5.41) is 3.04. The first kappa shape index (κ1) is 35.3. The van der Waals surface area contributed by atoms with E-state index in [0.717, 1.165) is 43.4 Å². The predicted molar refractivity (Wildman–Crippen MR) is 184 cm³/mol. The van der Waals surface area contributed by atoms with Gasteiger partial charge in [-0.2, -0.15) is 0 Å². The van der Waals surface area contributed by atoms with Crippen LogP contribution in [0.15, 0.2) is 120 Å². The van der Waals surface area contributed by atoms with Crippen LogP contribution in [0.3, 0.4) is 0 Å². The molecule has 0 saturated carbocycles. The zero-order valence-corrected chi connectivity index (χ0v) is 27.8. The van der Waals surface area contributed by atoms with Crippen molar-refractivity contribution in [3.63, 3.8) is 0 Å². The Morgan fingerprint density at radius 3 is 2.14 bits per heavy atom. The van der Waals surface area contributed by atoms with Crippen molar-refractivity contribution in [2.24, 2.45) is 0 Å². The Labute approximate surface area is 285 Å². The minimum absolute atomic E-state index is 0.0325. The molecule has 49 heavy (non-hydrogen) atoms. The van der Waals surface area contributed by atoms with Gasteiger partial charge in [0.25, 0.3) is 15.9 Å². The molecule has 1 atom stereocenters. The van der Waals surface area contributed by atoms with Crippen LogP contribution < -0.4 is 14.8 Å². The Hall–Kier alpha value is -5.03. The molecular formula is C38H39F2N3O5S. The third kappa shape index (κ3) is 10.5. The number of allylic oxidation sites excluding steroid dienone is 1. The maximum Gasteiger partial charge on any atom is 0.261 e. The highest BCUT2D eigenvalue weighted by molar-refractivity contribution is 7.92. The monoisotopic (exact) mass is 687 g/mol. The number of halogens is 2. The normalized spacial score (nSPS) is 13.6. The average molecular weight is 688 g/mol. The molecule has 1 aliphatic carbocycles. The van der Waals surface area contributed by atoms with E-state index in [1.807, 2.05) is 30.3 Å². The highest BCUT2D eigenvalue weighted by atomic mass is 32.2. The number of carbonyl (C=O) groups is 2. The average Bonchev–Trinajstić information content (AvgIpc) is 3.11. The Morgan fingerprint density at radius 2 is 1.49 bits per heavy atom. The number of carbonyl (C=O) groups excluding carboxylic acids is 2. The van der Waals surface area contributed by atoms with E-state index in [2.05, 4.69) is 16.1 Å². The first-order valence-electron chi connectivity index (χ1n) is 16.2. The third-order valence-electron chi connectivity index (χ3n) is 8.26. The third-order valence-corrected chi connectivity index (χ3v) is 9.66. The highest BCUT2D eigenvalue weighted by Crippen LogP contribution is 2.22. The molecule has 2 N–H and O–H groups in total. The summed E-state index contributed by atoms with van der Waals surface area (Å²) in [5.74, 6) is -1.46. The van der Waals surface area contributed by atoms with Gasteiger partial charge >= 0.3 is 0 Å². The number of ether oxygens (including phenoxy) is 1. The van der Waals surface area contributed by atoms with Crippen molar-refractivity contribution >= 4 is 27.5 Å². The van der Waals surface area contributed by atoms with Crippen LogP contribution in [0.5, 0.6) is 5.75 Å². The minimum Gasteiger partial charge on any atom is -0.484 e. The van der Waals surface area contributed by atoms with Crippen molar-refractivity contribution in [1.29, 1.82) is 0 Å². The molecule has 2 amide bonds. The lowest BCUT2D eigenvalue weighted by Gasteiger charge is -2.31. The first-order valence-corrected chi connectivity index (χ1v) is 17.7. The number of rotatable bonds is 15. The lowest BCUT2D eigenvalue weighted by molar-refractivity contribution is -0.142. The molecule has 0 heterocycles. The van der Waals surface area contributed by atoms with Crippen LogP contribution >= 0.6 is 0 Å². The molecule has 1 aliphatic rings. The molecular weight excluding hydrogens is 648 g/mol. The van der Waals surface area contributed by atoms with Crippen LogP contribution in [0, 0.1) is 11.6 Å². The summed E-state index contributed by atoms with van der Waals surface area (Å²) in [6.07, 6.45) is 7.61. The van der Waals surface area contributed by atoms with Crippen LogP contribution in [0.1, 0.15) is 43.2 Å². The summed E-state index contributed by atoms with van der Waals surface area (Å²) in [5.41, 5.74) is 3.02. The van der Waals surface area contributed by atoms with E-state index in [9.17, 15) is 26.8 Å². The van der Waals surface area contributed by atoms with Gasteiger partial charge in [-0.15, -0.1) is 0 Å².